The van der Waals surface area contributed by atoms with Crippen LogP contribution in [0.1, 0.15) is 12.0 Å². The molecular weight excluding hydrogens is 372 g/mol. The quantitative estimate of drug-likeness (QED) is 0.268. The minimum Gasteiger partial charge on any atom is -0.493 e. The van der Waals surface area contributed by atoms with Crippen LogP contribution in [0.15, 0.2) is 66.1 Å². The lowest BCUT2D eigenvalue weighted by Gasteiger charge is -2.10. The van der Waals surface area contributed by atoms with Crippen LogP contribution in [0.3, 0.4) is 0 Å². The molecule has 2 rings (SSSR count). The van der Waals surface area contributed by atoms with Gasteiger partial charge >= 0.3 is 0 Å². The van der Waals surface area contributed by atoms with E-state index in [-0.39, 0.29) is 5.91 Å². The first-order chi connectivity index (χ1) is 13.7. The van der Waals surface area contributed by atoms with E-state index in [0.717, 1.165) is 16.1 Å². The number of methoxy groups -OCH3 is 1. The number of hydrogen-bond acceptors (Lipinski definition) is 5. The lowest BCUT2D eigenvalue weighted by molar-refractivity contribution is -0.111. The number of ether oxygens (including phenoxy) is 2. The number of anilines is 1. The average molecular weight is 394 g/mol. The monoisotopic (exact) mass is 394 g/mol. The van der Waals surface area contributed by atoms with E-state index in [0.29, 0.717) is 30.3 Å². The van der Waals surface area contributed by atoms with E-state index in [2.05, 4.69) is 18.0 Å². The number of nitriles is 1. The highest BCUT2D eigenvalue weighted by molar-refractivity contribution is 7.99. The molecule has 0 bridgehead atoms. The average Bonchev–Trinajstić information content (AvgIpc) is 2.72. The highest BCUT2D eigenvalue weighted by Gasteiger charge is 2.06. The number of nitrogens with one attached hydrogen (secondary N) is 1. The molecule has 0 aliphatic heterocycles. The molecule has 0 spiro atoms. The highest BCUT2D eigenvalue weighted by atomic mass is 32.2. The second-order valence-corrected chi connectivity index (χ2v) is 6.72. The molecule has 0 fully saturated rings. The molecule has 2 aromatic carbocycles. The molecule has 0 unspecified atom stereocenters. The van der Waals surface area contributed by atoms with Crippen molar-refractivity contribution in [2.75, 3.05) is 24.8 Å². The molecule has 0 heterocycles. The van der Waals surface area contributed by atoms with Crippen LogP contribution in [0.4, 0.5) is 5.69 Å². The van der Waals surface area contributed by atoms with E-state index in [9.17, 15) is 4.79 Å². The van der Waals surface area contributed by atoms with E-state index in [4.69, 9.17) is 14.7 Å². The topological polar surface area (TPSA) is 71.3 Å². The van der Waals surface area contributed by atoms with E-state index in [1.165, 1.54) is 6.08 Å². The molecule has 0 aliphatic rings. The van der Waals surface area contributed by atoms with Crippen molar-refractivity contribution in [2.24, 2.45) is 0 Å². The van der Waals surface area contributed by atoms with E-state index in [1.54, 1.807) is 43.2 Å². The Labute approximate surface area is 169 Å². The van der Waals surface area contributed by atoms with Crippen LogP contribution in [0.5, 0.6) is 11.5 Å². The summed E-state index contributed by atoms with van der Waals surface area (Å²) in [5, 5.41) is 11.5. The zero-order chi connectivity index (χ0) is 20.2. The van der Waals surface area contributed by atoms with Gasteiger partial charge in [0.1, 0.15) is 6.61 Å². The van der Waals surface area contributed by atoms with Crippen molar-refractivity contribution in [1.82, 2.24) is 0 Å². The summed E-state index contributed by atoms with van der Waals surface area (Å²) in [6.07, 6.45) is 5.30. The standard InChI is InChI=1S/C22H22N2O3S/c1-3-14-27-19-11-9-17(16-20(19)26-2)10-12-22(25)24-18-7-4-5-8-21(18)28-15-6-13-23/h3-5,7-12,16H,1,6,14-15H2,2H3,(H,24,25). The Morgan fingerprint density at radius 3 is 2.86 bits per heavy atom. The third kappa shape index (κ3) is 6.53. The van der Waals surface area contributed by atoms with Crippen molar-refractivity contribution in [3.8, 4) is 17.6 Å². The molecule has 28 heavy (non-hydrogen) atoms. The number of para-hydroxylation sites is 1. The normalized spacial score (nSPS) is 10.3. The maximum absolute atomic E-state index is 12.3. The summed E-state index contributed by atoms with van der Waals surface area (Å²) >= 11 is 1.54. The minimum atomic E-state index is -0.237. The highest BCUT2D eigenvalue weighted by Crippen LogP contribution is 2.29. The summed E-state index contributed by atoms with van der Waals surface area (Å²) in [6.45, 7) is 4.01. The maximum atomic E-state index is 12.3. The van der Waals surface area contributed by atoms with Crippen molar-refractivity contribution < 1.29 is 14.3 Å². The first kappa shape index (κ1) is 21.1. The largest absolute Gasteiger partial charge is 0.493 e. The Morgan fingerprint density at radius 1 is 1.29 bits per heavy atom. The first-order valence-corrected chi connectivity index (χ1v) is 9.66. The van der Waals surface area contributed by atoms with Gasteiger partial charge in [-0.3, -0.25) is 4.79 Å². The molecule has 1 amide bonds. The Hall–Kier alpha value is -3.17. The number of amides is 1. The van der Waals surface area contributed by atoms with Gasteiger partial charge in [-0.05, 0) is 35.9 Å². The summed E-state index contributed by atoms with van der Waals surface area (Å²) in [7, 11) is 1.57. The number of thioether (sulfide) groups is 1. The summed E-state index contributed by atoms with van der Waals surface area (Å²) in [5.41, 5.74) is 1.54. The molecule has 5 nitrogen and oxygen atoms in total. The van der Waals surface area contributed by atoms with Crippen molar-refractivity contribution in [3.05, 3.63) is 66.8 Å². The van der Waals surface area contributed by atoms with E-state index >= 15 is 0 Å². The van der Waals surface area contributed by atoms with Crippen molar-refractivity contribution >= 4 is 29.4 Å². The fourth-order valence-electron chi connectivity index (χ4n) is 2.30. The lowest BCUT2D eigenvalue weighted by atomic mass is 10.2. The predicted octanol–water partition coefficient (Wildman–Crippen LogP) is 4.92. The van der Waals surface area contributed by atoms with Gasteiger partial charge in [-0.2, -0.15) is 5.26 Å². The molecular formula is C22H22N2O3S. The number of nitrogens with zero attached hydrogens (tertiary/aromatic N) is 1. The van der Waals surface area contributed by atoms with Gasteiger partial charge in [-0.15, -0.1) is 11.8 Å². The summed E-state index contributed by atoms with van der Waals surface area (Å²) in [5.74, 6) is 1.65. The van der Waals surface area contributed by atoms with Crippen LogP contribution in [-0.2, 0) is 4.79 Å². The summed E-state index contributed by atoms with van der Waals surface area (Å²) < 4.78 is 10.8. The molecule has 1 N–H and O–H groups in total. The van der Waals surface area contributed by atoms with Gasteiger partial charge in [0.2, 0.25) is 5.91 Å². The predicted molar refractivity (Wildman–Crippen MR) is 114 cm³/mol. The van der Waals surface area contributed by atoms with Crippen molar-refractivity contribution in [2.45, 2.75) is 11.3 Å². The number of carbonyl (C=O) groups is 1. The second kappa shape index (κ2) is 11.5. The van der Waals surface area contributed by atoms with Gasteiger partial charge in [-0.1, -0.05) is 30.9 Å². The van der Waals surface area contributed by atoms with Gasteiger partial charge in [0.15, 0.2) is 11.5 Å². The fourth-order valence-corrected chi connectivity index (χ4v) is 3.17. The summed E-state index contributed by atoms with van der Waals surface area (Å²) in [6, 6.07) is 15.1. The number of carbonyl (C=O) groups excluding carboxylic acids is 1. The second-order valence-electron chi connectivity index (χ2n) is 5.59. The summed E-state index contributed by atoms with van der Waals surface area (Å²) in [4.78, 5) is 13.2. The van der Waals surface area contributed by atoms with Gasteiger partial charge in [0.25, 0.3) is 0 Å². The molecule has 0 radical (unpaired) electrons. The fraction of sp³-hybridized carbons (Fsp3) is 0.182. The minimum absolute atomic E-state index is 0.237. The van der Waals surface area contributed by atoms with Crippen LogP contribution in [0.2, 0.25) is 0 Å². The van der Waals surface area contributed by atoms with Crippen LogP contribution in [0, 0.1) is 11.3 Å². The Balaban J connectivity index is 2.04. The van der Waals surface area contributed by atoms with Gasteiger partial charge in [-0.25, -0.2) is 0 Å². The van der Waals surface area contributed by atoms with Crippen LogP contribution < -0.4 is 14.8 Å². The maximum Gasteiger partial charge on any atom is 0.248 e. The SMILES string of the molecule is C=CCOc1ccc(C=CC(=O)Nc2ccccc2SCCC#N)cc1OC. The molecule has 2 aromatic rings. The van der Waals surface area contributed by atoms with Gasteiger partial charge in [0, 0.05) is 23.1 Å². The first-order valence-electron chi connectivity index (χ1n) is 8.67. The Kier molecular flexibility index (Phi) is 8.70. The molecule has 6 heteroatoms. The van der Waals surface area contributed by atoms with Crippen LogP contribution in [-0.4, -0.2) is 25.4 Å². The Morgan fingerprint density at radius 2 is 2.11 bits per heavy atom. The molecule has 0 saturated heterocycles. The molecule has 144 valence electrons. The van der Waals surface area contributed by atoms with Gasteiger partial charge in [0.05, 0.1) is 18.9 Å². The van der Waals surface area contributed by atoms with Gasteiger partial charge < -0.3 is 14.8 Å². The van der Waals surface area contributed by atoms with E-state index < -0.39 is 0 Å². The molecule has 0 aromatic heterocycles. The van der Waals surface area contributed by atoms with Crippen molar-refractivity contribution in [3.63, 3.8) is 0 Å². The number of benzene rings is 2. The van der Waals surface area contributed by atoms with E-state index in [1.807, 2.05) is 30.3 Å². The molecule has 0 atom stereocenters. The number of rotatable bonds is 10. The third-order valence-electron chi connectivity index (χ3n) is 3.59. The third-order valence-corrected chi connectivity index (χ3v) is 4.66. The van der Waals surface area contributed by atoms with Crippen molar-refractivity contribution in [1.29, 1.82) is 5.26 Å². The van der Waals surface area contributed by atoms with Crippen LogP contribution in [0.25, 0.3) is 6.08 Å². The molecule has 0 aliphatic carbocycles. The zero-order valence-corrected chi connectivity index (χ0v) is 16.5. The zero-order valence-electron chi connectivity index (χ0n) is 15.7. The smallest absolute Gasteiger partial charge is 0.248 e. The lowest BCUT2D eigenvalue weighted by Crippen LogP contribution is -2.08. The van der Waals surface area contributed by atoms with Crippen LogP contribution >= 0.6 is 11.8 Å². The molecule has 0 saturated carbocycles. The number of hydrogen-bond donors (Lipinski definition) is 1. The Bertz CT molecular complexity index is 888.